The minimum absolute atomic E-state index is 0.351. The van der Waals surface area contributed by atoms with Crippen LogP contribution in [0.15, 0.2) is 54.6 Å². The van der Waals surface area contributed by atoms with Crippen molar-refractivity contribution >= 4 is 15.9 Å². The first-order valence-electron chi connectivity index (χ1n) is 6.12. The maximum Gasteiger partial charge on any atom is 0.404 e. The highest BCUT2D eigenvalue weighted by molar-refractivity contribution is 9.09. The summed E-state index contributed by atoms with van der Waals surface area (Å²) in [5.74, 6) is 1.62. The minimum atomic E-state index is -4.32. The summed E-state index contributed by atoms with van der Waals surface area (Å²) in [4.78, 5) is -1.69. The number of hydrogen-bond donors (Lipinski definition) is 0. The number of benzene rings is 2. The molecule has 2 nitrogen and oxygen atoms in total. The largest absolute Gasteiger partial charge is 0.492 e. The molecule has 0 saturated heterocycles. The van der Waals surface area contributed by atoms with E-state index in [2.05, 4.69) is 15.9 Å². The van der Waals surface area contributed by atoms with Crippen molar-refractivity contribution in [2.75, 3.05) is 6.61 Å². The van der Waals surface area contributed by atoms with Gasteiger partial charge in [-0.2, -0.15) is 13.2 Å². The molecular formula is C15H12BrF3O2. The van der Waals surface area contributed by atoms with Crippen LogP contribution in [0, 0.1) is 0 Å². The average Bonchev–Trinajstić information content (AvgIpc) is 2.46. The van der Waals surface area contributed by atoms with Crippen molar-refractivity contribution in [1.82, 2.24) is 0 Å². The number of halogens is 4. The van der Waals surface area contributed by atoms with Gasteiger partial charge < -0.3 is 9.47 Å². The first-order chi connectivity index (χ1) is 9.95. The highest BCUT2D eigenvalue weighted by atomic mass is 79.9. The zero-order chi connectivity index (χ0) is 15.3. The van der Waals surface area contributed by atoms with Crippen LogP contribution in [0.1, 0.15) is 0 Å². The third kappa shape index (κ3) is 4.97. The van der Waals surface area contributed by atoms with Crippen molar-refractivity contribution in [3.63, 3.8) is 0 Å². The Bertz CT molecular complexity index is 555. The van der Waals surface area contributed by atoms with Crippen LogP contribution in [0.4, 0.5) is 13.2 Å². The van der Waals surface area contributed by atoms with Crippen LogP contribution in [0.5, 0.6) is 17.2 Å². The van der Waals surface area contributed by atoms with Crippen molar-refractivity contribution in [2.45, 2.75) is 11.0 Å². The second-order valence-electron chi connectivity index (χ2n) is 4.21. The third-order valence-corrected chi connectivity index (χ3v) is 3.34. The Morgan fingerprint density at radius 3 is 1.95 bits per heavy atom. The molecule has 2 rings (SSSR count). The average molecular weight is 361 g/mol. The van der Waals surface area contributed by atoms with E-state index in [1.54, 1.807) is 24.3 Å². The zero-order valence-corrected chi connectivity index (χ0v) is 12.4. The van der Waals surface area contributed by atoms with Gasteiger partial charge >= 0.3 is 6.18 Å². The molecule has 0 amide bonds. The molecule has 0 heterocycles. The molecule has 0 aliphatic heterocycles. The van der Waals surface area contributed by atoms with Crippen LogP contribution < -0.4 is 9.47 Å². The Hall–Kier alpha value is -1.69. The maximum absolute atomic E-state index is 12.3. The van der Waals surface area contributed by atoms with Gasteiger partial charge in [-0.15, -0.1) is 0 Å². The van der Waals surface area contributed by atoms with E-state index in [1.165, 1.54) is 0 Å². The van der Waals surface area contributed by atoms with Crippen molar-refractivity contribution in [2.24, 2.45) is 0 Å². The van der Waals surface area contributed by atoms with E-state index >= 15 is 0 Å². The smallest absolute Gasteiger partial charge is 0.404 e. The lowest BCUT2D eigenvalue weighted by atomic mass is 10.3. The zero-order valence-electron chi connectivity index (χ0n) is 10.8. The van der Waals surface area contributed by atoms with E-state index in [9.17, 15) is 13.2 Å². The topological polar surface area (TPSA) is 18.5 Å². The normalized spacial score (nSPS) is 12.8. The second-order valence-corrected chi connectivity index (χ2v) is 5.31. The Labute approximate surface area is 128 Å². The first-order valence-corrected chi connectivity index (χ1v) is 7.03. The Morgan fingerprint density at radius 2 is 1.38 bits per heavy atom. The standard InChI is InChI=1S/C15H12BrF3O2/c16-14(15(17,18)19)10-20-11-6-8-13(9-7-11)21-12-4-2-1-3-5-12/h1-9,14H,10H2. The highest BCUT2D eigenvalue weighted by Crippen LogP contribution is 2.28. The van der Waals surface area contributed by atoms with Gasteiger partial charge in [0.05, 0.1) is 0 Å². The molecule has 1 atom stereocenters. The van der Waals surface area contributed by atoms with Crippen LogP contribution in [-0.2, 0) is 0 Å². The lowest BCUT2D eigenvalue weighted by Gasteiger charge is -2.15. The van der Waals surface area contributed by atoms with Gasteiger partial charge in [0.25, 0.3) is 0 Å². The number of hydrogen-bond acceptors (Lipinski definition) is 2. The Balaban J connectivity index is 1.90. The van der Waals surface area contributed by atoms with Crippen molar-refractivity contribution in [3.8, 4) is 17.2 Å². The molecule has 0 aliphatic rings. The number of alkyl halides is 4. The molecule has 21 heavy (non-hydrogen) atoms. The van der Waals surface area contributed by atoms with Gasteiger partial charge in [-0.3, -0.25) is 0 Å². The number of rotatable bonds is 5. The van der Waals surface area contributed by atoms with Crippen molar-refractivity contribution in [1.29, 1.82) is 0 Å². The molecular weight excluding hydrogens is 349 g/mol. The van der Waals surface area contributed by atoms with Crippen LogP contribution in [0.2, 0.25) is 0 Å². The summed E-state index contributed by atoms with van der Waals surface area (Å²) in [5.41, 5.74) is 0. The number of ether oxygens (including phenoxy) is 2. The molecule has 6 heteroatoms. The Kier molecular flexibility index (Phi) is 5.12. The van der Waals surface area contributed by atoms with E-state index in [-0.39, 0.29) is 0 Å². The fourth-order valence-corrected chi connectivity index (χ4v) is 1.62. The lowest BCUT2D eigenvalue weighted by Crippen LogP contribution is -2.28. The van der Waals surface area contributed by atoms with Crippen molar-refractivity contribution < 1.29 is 22.6 Å². The van der Waals surface area contributed by atoms with Gasteiger partial charge in [0, 0.05) is 0 Å². The van der Waals surface area contributed by atoms with Gasteiger partial charge in [-0.05, 0) is 36.4 Å². The second kappa shape index (κ2) is 6.85. The van der Waals surface area contributed by atoms with Gasteiger partial charge in [-0.1, -0.05) is 34.1 Å². The van der Waals surface area contributed by atoms with E-state index < -0.39 is 17.6 Å². The molecule has 0 N–H and O–H groups in total. The van der Waals surface area contributed by atoms with Crippen LogP contribution in [0.3, 0.4) is 0 Å². The van der Waals surface area contributed by atoms with E-state index in [4.69, 9.17) is 9.47 Å². The predicted molar refractivity (Wildman–Crippen MR) is 77.2 cm³/mol. The maximum atomic E-state index is 12.3. The van der Waals surface area contributed by atoms with Gasteiger partial charge in [-0.25, -0.2) is 0 Å². The molecule has 0 aromatic heterocycles. The molecule has 0 bridgehead atoms. The van der Waals surface area contributed by atoms with Gasteiger partial charge in [0.1, 0.15) is 28.7 Å². The summed E-state index contributed by atoms with van der Waals surface area (Å²) in [6, 6.07) is 15.6. The van der Waals surface area contributed by atoms with Gasteiger partial charge in [0.2, 0.25) is 0 Å². The minimum Gasteiger partial charge on any atom is -0.492 e. The summed E-state index contributed by atoms with van der Waals surface area (Å²) in [6.45, 7) is -0.484. The van der Waals surface area contributed by atoms with Crippen LogP contribution >= 0.6 is 15.9 Å². The summed E-state index contributed by atoms with van der Waals surface area (Å²) in [7, 11) is 0. The molecule has 0 radical (unpaired) electrons. The fraction of sp³-hybridized carbons (Fsp3) is 0.200. The van der Waals surface area contributed by atoms with E-state index in [0.29, 0.717) is 17.2 Å². The summed E-state index contributed by atoms with van der Waals surface area (Å²) < 4.78 is 47.6. The Morgan fingerprint density at radius 1 is 0.857 bits per heavy atom. The highest BCUT2D eigenvalue weighted by Gasteiger charge is 2.38. The third-order valence-electron chi connectivity index (χ3n) is 2.55. The van der Waals surface area contributed by atoms with Crippen LogP contribution in [-0.4, -0.2) is 17.6 Å². The van der Waals surface area contributed by atoms with Gasteiger partial charge in [0.15, 0.2) is 0 Å². The molecule has 0 saturated carbocycles. The molecule has 0 spiro atoms. The van der Waals surface area contributed by atoms with E-state index in [1.807, 2.05) is 30.3 Å². The SMILES string of the molecule is FC(F)(F)C(Br)COc1ccc(Oc2ccccc2)cc1. The summed E-state index contributed by atoms with van der Waals surface area (Å²) >= 11 is 2.54. The molecule has 2 aromatic rings. The van der Waals surface area contributed by atoms with E-state index in [0.717, 1.165) is 0 Å². The fourth-order valence-electron chi connectivity index (χ4n) is 1.49. The van der Waals surface area contributed by atoms with Crippen LogP contribution in [0.25, 0.3) is 0 Å². The summed E-state index contributed by atoms with van der Waals surface area (Å²) in [6.07, 6.45) is -4.32. The monoisotopic (exact) mass is 360 g/mol. The molecule has 0 aliphatic carbocycles. The molecule has 112 valence electrons. The number of para-hydroxylation sites is 1. The molecule has 1 unspecified atom stereocenters. The first kappa shape index (κ1) is 15.7. The van der Waals surface area contributed by atoms with Crippen molar-refractivity contribution in [3.05, 3.63) is 54.6 Å². The lowest BCUT2D eigenvalue weighted by molar-refractivity contribution is -0.132. The molecule has 2 aromatic carbocycles. The predicted octanol–water partition coefficient (Wildman–Crippen LogP) is 5.18. The molecule has 0 fully saturated rings. The quantitative estimate of drug-likeness (QED) is 0.683. The summed E-state index contributed by atoms with van der Waals surface area (Å²) in [5, 5.41) is 0.